The predicted octanol–water partition coefficient (Wildman–Crippen LogP) is 0.625. The van der Waals surface area contributed by atoms with E-state index in [4.69, 9.17) is 5.11 Å². The van der Waals surface area contributed by atoms with Crippen molar-refractivity contribution in [2.45, 2.75) is 18.6 Å². The lowest BCUT2D eigenvalue weighted by Crippen LogP contribution is -2.40. The van der Waals surface area contributed by atoms with E-state index in [-0.39, 0.29) is 18.5 Å². The number of likely N-dealkylation sites (tertiary alicyclic amines) is 1. The van der Waals surface area contributed by atoms with Crippen LogP contribution in [0.4, 0.5) is 8.78 Å². The molecule has 0 saturated carbocycles. The molecule has 2 atom stereocenters. The van der Waals surface area contributed by atoms with Crippen LogP contribution in [0.3, 0.4) is 0 Å². The van der Waals surface area contributed by atoms with Gasteiger partial charge < -0.3 is 15.1 Å². The second-order valence-electron chi connectivity index (χ2n) is 4.36. The van der Waals surface area contributed by atoms with Crippen molar-refractivity contribution in [2.24, 2.45) is 0 Å². The van der Waals surface area contributed by atoms with E-state index < -0.39 is 35.7 Å². The fourth-order valence-corrected chi connectivity index (χ4v) is 2.12. The van der Waals surface area contributed by atoms with Gasteiger partial charge in [-0.05, 0) is 12.1 Å². The molecule has 1 fully saturated rings. The molecule has 1 amide bonds. The van der Waals surface area contributed by atoms with Crippen LogP contribution in [0.5, 0.6) is 0 Å². The van der Waals surface area contributed by atoms with Crippen LogP contribution in [0.25, 0.3) is 0 Å². The molecular weight excluding hydrogens is 260 g/mol. The highest BCUT2D eigenvalue weighted by atomic mass is 19.1. The molecule has 0 aromatic heterocycles. The first-order valence-electron chi connectivity index (χ1n) is 5.56. The third-order valence-electron chi connectivity index (χ3n) is 2.93. The van der Waals surface area contributed by atoms with Gasteiger partial charge in [0.25, 0.3) is 5.91 Å². The molecule has 102 valence electrons. The summed E-state index contributed by atoms with van der Waals surface area (Å²) in [4.78, 5) is 23.9. The quantitative estimate of drug-likeness (QED) is 0.826. The van der Waals surface area contributed by atoms with E-state index in [0.717, 1.165) is 17.0 Å². The van der Waals surface area contributed by atoms with Gasteiger partial charge in [0.15, 0.2) is 0 Å². The lowest BCUT2D eigenvalue weighted by atomic mass is 10.1. The topological polar surface area (TPSA) is 77.8 Å². The summed E-state index contributed by atoms with van der Waals surface area (Å²) in [6, 6.07) is 1.09. The molecule has 1 aromatic rings. The molecule has 0 unspecified atom stereocenters. The summed E-state index contributed by atoms with van der Waals surface area (Å²) in [6.07, 6.45) is -1.05. The third kappa shape index (κ3) is 2.70. The second-order valence-corrected chi connectivity index (χ2v) is 4.36. The average Bonchev–Trinajstić information content (AvgIpc) is 2.69. The zero-order valence-corrected chi connectivity index (χ0v) is 9.72. The van der Waals surface area contributed by atoms with E-state index in [1.54, 1.807) is 0 Å². The molecular formula is C12H11F2NO4. The van der Waals surface area contributed by atoms with Gasteiger partial charge in [-0.3, -0.25) is 4.79 Å². The van der Waals surface area contributed by atoms with Gasteiger partial charge in [0.1, 0.15) is 17.7 Å². The number of benzene rings is 1. The van der Waals surface area contributed by atoms with Crippen LogP contribution >= 0.6 is 0 Å². The Morgan fingerprint density at radius 3 is 2.32 bits per heavy atom. The number of amides is 1. The highest BCUT2D eigenvalue weighted by molar-refractivity contribution is 5.97. The molecule has 1 aliphatic rings. The Bertz CT molecular complexity index is 514. The van der Waals surface area contributed by atoms with Gasteiger partial charge in [0.2, 0.25) is 0 Å². The monoisotopic (exact) mass is 271 g/mol. The van der Waals surface area contributed by atoms with E-state index in [2.05, 4.69) is 0 Å². The normalized spacial score (nSPS) is 22.6. The Labute approximate surface area is 107 Å². The molecule has 0 spiro atoms. The van der Waals surface area contributed by atoms with Crippen LogP contribution < -0.4 is 0 Å². The minimum absolute atomic E-state index is 0.0983. The van der Waals surface area contributed by atoms with Crippen LogP contribution in [0.1, 0.15) is 16.8 Å². The van der Waals surface area contributed by atoms with E-state index in [9.17, 15) is 23.5 Å². The summed E-state index contributed by atoms with van der Waals surface area (Å²) in [6.45, 7) is -0.173. The number of aliphatic carboxylic acids is 1. The number of hydrogen-bond donors (Lipinski definition) is 2. The standard InChI is InChI=1S/C12H11F2NO4/c13-7-1-6(2-8(14)3-7)11(17)15-5-9(16)4-10(15)12(18)19/h1-3,9-10,16H,4-5H2,(H,18,19)/t9-,10+/m1/s1. The SMILES string of the molecule is O=C(O)[C@@H]1C[C@@H](O)CN1C(=O)c1cc(F)cc(F)c1. The third-order valence-corrected chi connectivity index (χ3v) is 2.93. The fraction of sp³-hybridized carbons (Fsp3) is 0.333. The number of carbonyl (C=O) groups is 2. The highest BCUT2D eigenvalue weighted by Gasteiger charge is 2.39. The molecule has 1 aliphatic heterocycles. The van der Waals surface area contributed by atoms with Crippen molar-refractivity contribution in [3.8, 4) is 0 Å². The lowest BCUT2D eigenvalue weighted by Gasteiger charge is -2.21. The number of hydrogen-bond acceptors (Lipinski definition) is 3. The summed E-state index contributed by atoms with van der Waals surface area (Å²) >= 11 is 0. The van der Waals surface area contributed by atoms with Gasteiger partial charge in [-0.15, -0.1) is 0 Å². The highest BCUT2D eigenvalue weighted by Crippen LogP contribution is 2.21. The fourth-order valence-electron chi connectivity index (χ4n) is 2.12. The van der Waals surface area contributed by atoms with Gasteiger partial charge in [-0.1, -0.05) is 0 Å². The molecule has 0 bridgehead atoms. The van der Waals surface area contributed by atoms with Crippen molar-refractivity contribution in [2.75, 3.05) is 6.54 Å². The summed E-state index contributed by atoms with van der Waals surface area (Å²) in [5.74, 6) is -3.92. The van der Waals surface area contributed by atoms with E-state index in [1.807, 2.05) is 0 Å². The summed E-state index contributed by atoms with van der Waals surface area (Å²) in [5, 5.41) is 18.4. The number of rotatable bonds is 2. The van der Waals surface area contributed by atoms with E-state index in [1.165, 1.54) is 0 Å². The largest absolute Gasteiger partial charge is 0.480 e. The number of aliphatic hydroxyl groups is 1. The minimum Gasteiger partial charge on any atom is -0.480 e. The molecule has 1 aromatic carbocycles. The van der Waals surface area contributed by atoms with Gasteiger partial charge in [0, 0.05) is 24.6 Å². The Hall–Kier alpha value is -2.02. The number of carbonyl (C=O) groups excluding carboxylic acids is 1. The van der Waals surface area contributed by atoms with Crippen LogP contribution in [-0.2, 0) is 4.79 Å². The Morgan fingerprint density at radius 1 is 1.21 bits per heavy atom. The van der Waals surface area contributed by atoms with Crippen molar-refractivity contribution in [1.29, 1.82) is 0 Å². The molecule has 1 heterocycles. The van der Waals surface area contributed by atoms with E-state index in [0.29, 0.717) is 6.07 Å². The van der Waals surface area contributed by atoms with Crippen molar-refractivity contribution in [3.63, 3.8) is 0 Å². The van der Waals surface area contributed by atoms with Gasteiger partial charge in [-0.25, -0.2) is 13.6 Å². The first kappa shape index (κ1) is 13.4. The molecule has 5 nitrogen and oxygen atoms in total. The van der Waals surface area contributed by atoms with Crippen molar-refractivity contribution >= 4 is 11.9 Å². The number of nitrogens with zero attached hydrogens (tertiary/aromatic N) is 1. The van der Waals surface area contributed by atoms with E-state index >= 15 is 0 Å². The molecule has 1 saturated heterocycles. The van der Waals surface area contributed by atoms with Crippen molar-refractivity contribution in [3.05, 3.63) is 35.4 Å². The number of carboxylic acids is 1. The first-order valence-corrected chi connectivity index (χ1v) is 5.56. The van der Waals surface area contributed by atoms with Crippen LogP contribution in [0.2, 0.25) is 0 Å². The van der Waals surface area contributed by atoms with Gasteiger partial charge in [0.05, 0.1) is 6.10 Å². The second kappa shape index (κ2) is 4.93. The molecule has 0 radical (unpaired) electrons. The molecule has 7 heteroatoms. The maximum absolute atomic E-state index is 13.0. The maximum Gasteiger partial charge on any atom is 0.326 e. The molecule has 2 rings (SSSR count). The van der Waals surface area contributed by atoms with Crippen molar-refractivity contribution in [1.82, 2.24) is 4.90 Å². The number of carboxylic acid groups (broad SMARTS) is 1. The molecule has 2 N–H and O–H groups in total. The zero-order valence-electron chi connectivity index (χ0n) is 9.72. The molecule has 19 heavy (non-hydrogen) atoms. The Kier molecular flexibility index (Phi) is 3.48. The van der Waals surface area contributed by atoms with Gasteiger partial charge in [-0.2, -0.15) is 0 Å². The van der Waals surface area contributed by atoms with Crippen LogP contribution in [0, 0.1) is 11.6 Å². The predicted molar refractivity (Wildman–Crippen MR) is 59.4 cm³/mol. The first-order chi connectivity index (χ1) is 8.88. The Morgan fingerprint density at radius 2 is 1.79 bits per heavy atom. The number of halogens is 2. The summed E-state index contributed by atoms with van der Waals surface area (Å²) in [7, 11) is 0. The van der Waals surface area contributed by atoms with Crippen LogP contribution in [0.15, 0.2) is 18.2 Å². The smallest absolute Gasteiger partial charge is 0.326 e. The lowest BCUT2D eigenvalue weighted by molar-refractivity contribution is -0.141. The van der Waals surface area contributed by atoms with Crippen molar-refractivity contribution < 1.29 is 28.6 Å². The Balaban J connectivity index is 2.30. The average molecular weight is 271 g/mol. The molecule has 0 aliphatic carbocycles. The zero-order chi connectivity index (χ0) is 14.2. The number of aliphatic hydroxyl groups excluding tert-OH is 1. The van der Waals surface area contributed by atoms with Crippen LogP contribution in [-0.4, -0.2) is 45.7 Å². The summed E-state index contributed by atoms with van der Waals surface area (Å²) < 4.78 is 26.1. The van der Waals surface area contributed by atoms with Gasteiger partial charge >= 0.3 is 5.97 Å². The minimum atomic E-state index is -1.26. The number of β-amino-alcohol motifs (C(OH)–C–C–N with tert-alkyl or cyclic N) is 1. The maximum atomic E-state index is 13.0. The summed E-state index contributed by atoms with van der Waals surface area (Å²) in [5.41, 5.74) is -0.280.